The number of ether oxygens (including phenoxy) is 2. The maximum absolute atomic E-state index is 13.3. The Balaban J connectivity index is 2.12. The first-order valence-electron chi connectivity index (χ1n) is 7.90. The van der Waals surface area contributed by atoms with Gasteiger partial charge in [-0.3, -0.25) is 0 Å². The van der Waals surface area contributed by atoms with Crippen LogP contribution < -0.4 is 14.6 Å². The zero-order valence-electron chi connectivity index (χ0n) is 14.3. The van der Waals surface area contributed by atoms with Crippen molar-refractivity contribution >= 4 is 16.0 Å². The van der Waals surface area contributed by atoms with Gasteiger partial charge in [0.1, 0.15) is 16.4 Å². The molecule has 0 saturated carbocycles. The second kappa shape index (κ2) is 6.97. The molecular weight excluding hydrogens is 358 g/mol. The van der Waals surface area contributed by atoms with E-state index >= 15 is 0 Å². The lowest BCUT2D eigenvalue weighted by Gasteiger charge is -2.36. The minimum Gasteiger partial charge on any atom is -0.548 e. The molecule has 1 heterocycles. The van der Waals surface area contributed by atoms with E-state index in [1.807, 2.05) is 0 Å². The van der Waals surface area contributed by atoms with Crippen LogP contribution in [0.3, 0.4) is 0 Å². The summed E-state index contributed by atoms with van der Waals surface area (Å²) in [4.78, 5) is 11.5. The van der Waals surface area contributed by atoms with Gasteiger partial charge in [-0.05, 0) is 29.7 Å². The van der Waals surface area contributed by atoms with Crippen molar-refractivity contribution in [3.63, 3.8) is 0 Å². The molecule has 0 saturated heterocycles. The van der Waals surface area contributed by atoms with E-state index in [0.29, 0.717) is 5.75 Å². The number of nitrogens with zero attached hydrogens (tertiary/aromatic N) is 1. The molecule has 0 aliphatic carbocycles. The predicted molar refractivity (Wildman–Crippen MR) is 91.2 cm³/mol. The lowest BCUT2D eigenvalue weighted by Crippen LogP contribution is -2.53. The molecule has 0 spiro atoms. The molecule has 0 aromatic heterocycles. The van der Waals surface area contributed by atoms with Gasteiger partial charge < -0.3 is 19.4 Å². The highest BCUT2D eigenvalue weighted by Gasteiger charge is 2.38. The number of fused-ring (bicyclic) bond motifs is 1. The van der Waals surface area contributed by atoms with Gasteiger partial charge in [0.15, 0.2) is 0 Å². The average Bonchev–Trinajstić information content (AvgIpc) is 2.66. The van der Waals surface area contributed by atoms with Crippen LogP contribution in [0.4, 0.5) is 0 Å². The minimum atomic E-state index is -4.17. The molecule has 26 heavy (non-hydrogen) atoms. The first kappa shape index (κ1) is 18.2. The monoisotopic (exact) mass is 376 g/mol. The van der Waals surface area contributed by atoms with E-state index in [0.717, 1.165) is 15.4 Å². The molecule has 2 aromatic carbocycles. The van der Waals surface area contributed by atoms with Crippen LogP contribution >= 0.6 is 0 Å². The van der Waals surface area contributed by atoms with Gasteiger partial charge in [0.05, 0.1) is 26.2 Å². The molecule has 1 aliphatic rings. The molecule has 7 nitrogen and oxygen atoms in total. The Hall–Kier alpha value is -2.58. The van der Waals surface area contributed by atoms with Crippen molar-refractivity contribution in [1.82, 2.24) is 4.31 Å². The number of sulfonamides is 1. The normalized spacial score (nSPS) is 17.4. The highest BCUT2D eigenvalue weighted by molar-refractivity contribution is 7.89. The van der Waals surface area contributed by atoms with Crippen LogP contribution in [0.1, 0.15) is 11.1 Å². The number of rotatable bonds is 5. The third-order valence-electron chi connectivity index (χ3n) is 4.43. The van der Waals surface area contributed by atoms with Gasteiger partial charge in [-0.1, -0.05) is 24.3 Å². The maximum atomic E-state index is 13.3. The van der Waals surface area contributed by atoms with Crippen molar-refractivity contribution in [3.05, 3.63) is 53.6 Å². The summed E-state index contributed by atoms with van der Waals surface area (Å²) >= 11 is 0. The molecule has 0 radical (unpaired) electrons. The van der Waals surface area contributed by atoms with E-state index in [2.05, 4.69) is 0 Å². The summed E-state index contributed by atoms with van der Waals surface area (Å²) in [6.45, 7) is -0.0580. The number of carboxylic acid groups (broad SMARTS) is 1. The summed E-state index contributed by atoms with van der Waals surface area (Å²) in [5, 5.41) is 11.7. The summed E-state index contributed by atoms with van der Waals surface area (Å²) in [5.74, 6) is -1.00. The van der Waals surface area contributed by atoms with E-state index in [9.17, 15) is 18.3 Å². The molecule has 0 bridgehead atoms. The van der Waals surface area contributed by atoms with Crippen LogP contribution in [0.25, 0.3) is 0 Å². The third kappa shape index (κ3) is 3.13. The molecule has 0 N–H and O–H groups in total. The zero-order chi connectivity index (χ0) is 18.9. The third-order valence-corrected chi connectivity index (χ3v) is 6.31. The van der Waals surface area contributed by atoms with Crippen LogP contribution in [-0.4, -0.2) is 39.0 Å². The van der Waals surface area contributed by atoms with E-state index < -0.39 is 22.0 Å². The van der Waals surface area contributed by atoms with Crippen LogP contribution in [0, 0.1) is 0 Å². The summed E-state index contributed by atoms with van der Waals surface area (Å²) in [6, 6.07) is 10.2. The number of aliphatic carboxylic acids is 1. The maximum Gasteiger partial charge on any atom is 0.247 e. The number of benzene rings is 2. The predicted octanol–water partition coefficient (Wildman–Crippen LogP) is 0.569. The standard InChI is InChI=1S/C18H19NO6S/c1-24-14-7-8-16(25-2)17(10-14)26(22,23)19-11-13-6-4-3-5-12(13)9-15(19)18(20)21/h3-8,10,15H,9,11H2,1-2H3,(H,20,21)/p-1. The highest BCUT2D eigenvalue weighted by atomic mass is 32.2. The number of methoxy groups -OCH3 is 2. The van der Waals surface area contributed by atoms with Crippen LogP contribution in [-0.2, 0) is 27.8 Å². The molecular formula is C18H18NO6S-. The van der Waals surface area contributed by atoms with E-state index in [-0.39, 0.29) is 23.6 Å². The van der Waals surface area contributed by atoms with E-state index in [1.54, 1.807) is 30.3 Å². The highest BCUT2D eigenvalue weighted by Crippen LogP contribution is 2.34. The van der Waals surface area contributed by atoms with Crippen molar-refractivity contribution in [1.29, 1.82) is 0 Å². The van der Waals surface area contributed by atoms with Crippen molar-refractivity contribution in [2.45, 2.75) is 23.9 Å². The molecule has 1 unspecified atom stereocenters. The second-order valence-electron chi connectivity index (χ2n) is 5.87. The van der Waals surface area contributed by atoms with Crippen molar-refractivity contribution in [2.75, 3.05) is 14.2 Å². The fraction of sp³-hybridized carbons (Fsp3) is 0.278. The smallest absolute Gasteiger partial charge is 0.247 e. The number of hydrogen-bond donors (Lipinski definition) is 0. The number of carboxylic acids is 1. The summed E-state index contributed by atoms with van der Waals surface area (Å²) in [5.41, 5.74) is 1.56. The summed E-state index contributed by atoms with van der Waals surface area (Å²) < 4.78 is 37.7. The molecule has 138 valence electrons. The van der Waals surface area contributed by atoms with Gasteiger partial charge in [-0.15, -0.1) is 0 Å². The van der Waals surface area contributed by atoms with E-state index in [4.69, 9.17) is 9.47 Å². The Morgan fingerprint density at radius 3 is 2.42 bits per heavy atom. The van der Waals surface area contributed by atoms with Crippen LogP contribution in [0.2, 0.25) is 0 Å². The van der Waals surface area contributed by atoms with Gasteiger partial charge in [0, 0.05) is 12.6 Å². The van der Waals surface area contributed by atoms with Gasteiger partial charge in [0.2, 0.25) is 10.0 Å². The Morgan fingerprint density at radius 1 is 1.12 bits per heavy atom. The summed E-state index contributed by atoms with van der Waals surface area (Å²) in [6.07, 6.45) is 0.0457. The molecule has 0 amide bonds. The molecule has 2 aromatic rings. The first-order valence-corrected chi connectivity index (χ1v) is 9.34. The number of carbonyl (C=O) groups is 1. The number of hydrogen-bond acceptors (Lipinski definition) is 6. The first-order chi connectivity index (χ1) is 12.4. The van der Waals surface area contributed by atoms with Crippen molar-refractivity contribution in [2.24, 2.45) is 0 Å². The fourth-order valence-electron chi connectivity index (χ4n) is 3.06. The SMILES string of the molecule is COc1ccc(OC)c(S(=O)(=O)N2Cc3ccccc3CC2C(=O)[O-])c1. The molecule has 0 fully saturated rings. The van der Waals surface area contributed by atoms with Gasteiger partial charge in [-0.25, -0.2) is 8.42 Å². The van der Waals surface area contributed by atoms with Gasteiger partial charge in [0.25, 0.3) is 0 Å². The Labute approximate surface area is 151 Å². The van der Waals surface area contributed by atoms with E-state index in [1.165, 1.54) is 26.4 Å². The molecule has 3 rings (SSSR count). The number of carbonyl (C=O) groups excluding carboxylic acids is 1. The van der Waals surface area contributed by atoms with Crippen LogP contribution in [0.15, 0.2) is 47.4 Å². The Kier molecular flexibility index (Phi) is 4.88. The Bertz CT molecular complexity index is 940. The van der Waals surface area contributed by atoms with Crippen molar-refractivity contribution < 1.29 is 27.8 Å². The zero-order valence-corrected chi connectivity index (χ0v) is 15.2. The lowest BCUT2D eigenvalue weighted by molar-refractivity contribution is -0.310. The van der Waals surface area contributed by atoms with Gasteiger partial charge in [-0.2, -0.15) is 4.31 Å². The lowest BCUT2D eigenvalue weighted by atomic mass is 9.96. The summed E-state index contributed by atoms with van der Waals surface area (Å²) in [7, 11) is -1.40. The van der Waals surface area contributed by atoms with Crippen LogP contribution in [0.5, 0.6) is 11.5 Å². The second-order valence-corrected chi connectivity index (χ2v) is 7.73. The fourth-order valence-corrected chi connectivity index (χ4v) is 4.79. The van der Waals surface area contributed by atoms with Gasteiger partial charge >= 0.3 is 0 Å². The largest absolute Gasteiger partial charge is 0.548 e. The average molecular weight is 376 g/mol. The van der Waals surface area contributed by atoms with Crippen molar-refractivity contribution in [3.8, 4) is 11.5 Å². The quantitative estimate of drug-likeness (QED) is 0.757. The topological polar surface area (TPSA) is 96.0 Å². The molecule has 1 atom stereocenters. The minimum absolute atomic E-state index is 0.0457. The molecule has 1 aliphatic heterocycles. The molecule has 8 heteroatoms. The Morgan fingerprint density at radius 2 is 1.81 bits per heavy atom.